The van der Waals surface area contributed by atoms with Gasteiger partial charge in [-0.15, -0.1) is 0 Å². The fourth-order valence-corrected chi connectivity index (χ4v) is 18.7. The molecule has 46 heavy (non-hydrogen) atoms. The molecule has 0 aromatic heterocycles. The maximum atomic E-state index is 2.63. The molecule has 3 aromatic carbocycles. The van der Waals surface area contributed by atoms with Gasteiger partial charge in [0, 0.05) is 0 Å². The predicted octanol–water partition coefficient (Wildman–Crippen LogP) is 11.8. The molecular formula is C45H71As. The summed E-state index contributed by atoms with van der Waals surface area (Å²) in [6.07, 6.45) is 0. The van der Waals surface area contributed by atoms with Crippen molar-refractivity contribution < 1.29 is 0 Å². The van der Waals surface area contributed by atoms with Crippen molar-refractivity contribution >= 4 is 27.7 Å². The van der Waals surface area contributed by atoms with Crippen molar-refractivity contribution in [3.8, 4) is 0 Å². The first-order chi connectivity index (χ1) is 21.3. The maximum absolute atomic E-state index is 2.81. The summed E-state index contributed by atoms with van der Waals surface area (Å²) in [5, 5.41) is 0. The second-order valence-electron chi connectivity index (χ2n) is 17.2. The number of rotatable bonds is 12. The molecule has 1 heteroatoms. The minimum atomic E-state index is -2.81. The summed E-state index contributed by atoms with van der Waals surface area (Å²) in [4.78, 5) is 0. The Labute approximate surface area is 290 Å². The van der Waals surface area contributed by atoms with Gasteiger partial charge in [-0.1, -0.05) is 0 Å². The van der Waals surface area contributed by atoms with E-state index in [2.05, 4.69) is 161 Å². The number of hydrogen-bond donors (Lipinski definition) is 0. The zero-order valence-electron chi connectivity index (χ0n) is 33.2. The summed E-state index contributed by atoms with van der Waals surface area (Å²) in [5.41, 5.74) is 14.2. The fraction of sp³-hybridized carbons (Fsp3) is 0.600. The van der Waals surface area contributed by atoms with Gasteiger partial charge in [-0.3, -0.25) is 0 Å². The van der Waals surface area contributed by atoms with Gasteiger partial charge in [0.1, 0.15) is 0 Å². The molecule has 3 aromatic rings. The average molecular weight is 687 g/mol. The van der Waals surface area contributed by atoms with E-state index < -0.39 is 14.7 Å². The van der Waals surface area contributed by atoms with Crippen LogP contribution >= 0.6 is 0 Å². The van der Waals surface area contributed by atoms with Crippen LogP contribution in [0.1, 0.15) is 228 Å². The van der Waals surface area contributed by atoms with Crippen LogP contribution in [0.5, 0.6) is 0 Å². The molecule has 0 spiro atoms. The van der Waals surface area contributed by atoms with Crippen LogP contribution < -0.4 is 13.1 Å². The molecule has 0 nitrogen and oxygen atoms in total. The summed E-state index contributed by atoms with van der Waals surface area (Å²) in [5.74, 6) is 4.37. The molecule has 0 amide bonds. The third kappa shape index (κ3) is 8.08. The van der Waals surface area contributed by atoms with Crippen molar-refractivity contribution in [1.29, 1.82) is 0 Å². The summed E-state index contributed by atoms with van der Waals surface area (Å²) in [6.45, 7) is 43.7. The van der Waals surface area contributed by atoms with E-state index in [4.69, 9.17) is 0 Å². The van der Waals surface area contributed by atoms with Gasteiger partial charge >= 0.3 is 292 Å². The predicted molar refractivity (Wildman–Crippen MR) is 214 cm³/mol. The van der Waals surface area contributed by atoms with E-state index in [1.807, 2.05) is 0 Å². The molecule has 0 unspecified atom stereocenters. The molecule has 0 radical (unpaired) electrons. The SMILES string of the molecule is CC(C)c1cc(C(C)C)c([AsH2](c2c(C(C)C)cc(C(C)C)cc2C(C)C)c2c(C(C)C)cc(C(C)C)cc2C(C)C)c(C(C)C)c1. The molecule has 0 aliphatic rings. The molecule has 0 aliphatic heterocycles. The van der Waals surface area contributed by atoms with Crippen LogP contribution in [-0.4, -0.2) is 14.7 Å². The first-order valence-electron chi connectivity index (χ1n) is 18.8. The van der Waals surface area contributed by atoms with Crippen molar-refractivity contribution in [1.82, 2.24) is 0 Å². The first kappa shape index (κ1) is 38.7. The Hall–Kier alpha value is -1.78. The van der Waals surface area contributed by atoms with E-state index >= 15 is 0 Å². The van der Waals surface area contributed by atoms with Crippen LogP contribution in [0.3, 0.4) is 0 Å². The Morgan fingerprint density at radius 2 is 0.413 bits per heavy atom. The Morgan fingerprint density at radius 1 is 0.261 bits per heavy atom. The van der Waals surface area contributed by atoms with Gasteiger partial charge in [0.15, 0.2) is 0 Å². The van der Waals surface area contributed by atoms with Crippen LogP contribution in [-0.2, 0) is 0 Å². The van der Waals surface area contributed by atoms with E-state index in [-0.39, 0.29) is 0 Å². The van der Waals surface area contributed by atoms with Crippen molar-refractivity contribution in [3.05, 3.63) is 86.5 Å². The van der Waals surface area contributed by atoms with Gasteiger partial charge in [-0.05, 0) is 0 Å². The molecule has 0 saturated carbocycles. The van der Waals surface area contributed by atoms with Crippen LogP contribution in [0.15, 0.2) is 36.4 Å². The average Bonchev–Trinajstić information content (AvgIpc) is 2.95. The molecule has 0 bridgehead atoms. The molecule has 0 saturated heterocycles. The monoisotopic (exact) mass is 686 g/mol. The Balaban J connectivity index is 2.84. The van der Waals surface area contributed by atoms with Crippen molar-refractivity contribution in [2.24, 2.45) is 0 Å². The molecule has 0 atom stereocenters. The van der Waals surface area contributed by atoms with Gasteiger partial charge in [0.05, 0.1) is 0 Å². The molecule has 0 N–H and O–H groups in total. The van der Waals surface area contributed by atoms with Gasteiger partial charge in [0.25, 0.3) is 0 Å². The molecule has 0 fully saturated rings. The van der Waals surface area contributed by atoms with E-state index in [1.54, 1.807) is 46.4 Å². The Bertz CT molecular complexity index is 1210. The van der Waals surface area contributed by atoms with Crippen molar-refractivity contribution in [3.63, 3.8) is 0 Å². The number of hydrogen-bond acceptors (Lipinski definition) is 0. The summed E-state index contributed by atoms with van der Waals surface area (Å²) < 4.78 is 5.30. The topological polar surface area (TPSA) is 0 Å². The standard InChI is InChI=1S/C45H71As/c1-25(2)34-19-37(28(7)8)43(38(20-34)29(9)10)46(44-39(30(11)12)21-35(26(3)4)22-40(44)31(13)14)45-41(32(15)16)23-36(27(5)6)24-42(45)33(17)18/h19-33H,46H2,1-18H3. The first-order valence-corrected chi connectivity index (χ1v) is 22.5. The molecular weight excluding hydrogens is 615 g/mol. The summed E-state index contributed by atoms with van der Waals surface area (Å²) >= 11 is -2.81. The van der Waals surface area contributed by atoms with E-state index in [1.165, 1.54) is 16.7 Å². The summed E-state index contributed by atoms with van der Waals surface area (Å²) in [6, 6.07) is 15.8. The second kappa shape index (κ2) is 15.6. The van der Waals surface area contributed by atoms with Crippen LogP contribution in [0.2, 0.25) is 0 Å². The number of benzene rings is 3. The third-order valence-corrected chi connectivity index (χ3v) is 18.2. The minimum absolute atomic E-state index is 0.471. The van der Waals surface area contributed by atoms with Crippen LogP contribution in [0, 0.1) is 0 Å². The van der Waals surface area contributed by atoms with E-state index in [0.717, 1.165) is 0 Å². The van der Waals surface area contributed by atoms with Gasteiger partial charge in [-0.25, -0.2) is 0 Å². The van der Waals surface area contributed by atoms with E-state index in [9.17, 15) is 0 Å². The Kier molecular flexibility index (Phi) is 13.1. The van der Waals surface area contributed by atoms with E-state index in [0.29, 0.717) is 53.3 Å². The zero-order chi connectivity index (χ0) is 34.9. The van der Waals surface area contributed by atoms with Crippen molar-refractivity contribution in [2.45, 2.75) is 178 Å². The second-order valence-corrected chi connectivity index (χ2v) is 22.6. The molecule has 256 valence electrons. The van der Waals surface area contributed by atoms with Crippen LogP contribution in [0.4, 0.5) is 0 Å². The molecule has 0 heterocycles. The van der Waals surface area contributed by atoms with Gasteiger partial charge < -0.3 is 0 Å². The fourth-order valence-electron chi connectivity index (χ4n) is 7.47. The normalized spacial score (nSPS) is 13.0. The molecule has 0 aliphatic carbocycles. The summed E-state index contributed by atoms with van der Waals surface area (Å²) in [7, 11) is 0. The quantitative estimate of drug-likeness (QED) is 0.166. The zero-order valence-corrected chi connectivity index (χ0v) is 35.7. The molecule has 3 rings (SSSR count). The van der Waals surface area contributed by atoms with Gasteiger partial charge in [0.2, 0.25) is 0 Å². The van der Waals surface area contributed by atoms with Crippen molar-refractivity contribution in [2.75, 3.05) is 0 Å². The van der Waals surface area contributed by atoms with Crippen LogP contribution in [0.25, 0.3) is 0 Å². The Morgan fingerprint density at radius 3 is 0.522 bits per heavy atom. The van der Waals surface area contributed by atoms with Gasteiger partial charge in [-0.2, -0.15) is 0 Å². The third-order valence-electron chi connectivity index (χ3n) is 10.4.